The molecule has 0 saturated carbocycles. The van der Waals surface area contributed by atoms with Crippen LogP contribution in [0.1, 0.15) is 5.56 Å². The molecule has 0 aromatic heterocycles. The van der Waals surface area contributed by atoms with E-state index >= 15 is 0 Å². The lowest BCUT2D eigenvalue weighted by molar-refractivity contribution is -0.111. The van der Waals surface area contributed by atoms with Crippen molar-refractivity contribution in [1.29, 1.82) is 0 Å². The number of hydrazone groups is 1. The van der Waals surface area contributed by atoms with E-state index in [0.29, 0.717) is 0 Å². The van der Waals surface area contributed by atoms with Gasteiger partial charge < -0.3 is 4.90 Å². The number of likely N-dealkylation sites (N-methyl/N-ethyl adjacent to an activating group) is 1. The van der Waals surface area contributed by atoms with E-state index < -0.39 is 0 Å². The molecule has 0 fully saturated rings. The molecule has 2 rings (SSSR count). The summed E-state index contributed by atoms with van der Waals surface area (Å²) >= 11 is 0. The molecular formula is C10H11N3O. The third-order valence-electron chi connectivity index (χ3n) is 2.21. The number of hydrogen-bond donors (Lipinski definition) is 1. The molecule has 4 nitrogen and oxygen atoms in total. The van der Waals surface area contributed by atoms with Gasteiger partial charge in [0, 0.05) is 12.6 Å². The summed E-state index contributed by atoms with van der Waals surface area (Å²) in [5.74, 6) is 0.794. The minimum absolute atomic E-state index is 0.342. The summed E-state index contributed by atoms with van der Waals surface area (Å²) in [6.07, 6.45) is 0.490. The Morgan fingerprint density at radius 1 is 1.43 bits per heavy atom. The largest absolute Gasteiger partial charge is 0.330 e. The van der Waals surface area contributed by atoms with Crippen LogP contribution >= 0.6 is 0 Å². The van der Waals surface area contributed by atoms with Crippen molar-refractivity contribution < 1.29 is 4.79 Å². The molecule has 14 heavy (non-hydrogen) atoms. The highest BCUT2D eigenvalue weighted by molar-refractivity contribution is 6.00. The molecule has 1 aliphatic heterocycles. The Hall–Kier alpha value is -1.84. The van der Waals surface area contributed by atoms with Gasteiger partial charge in [-0.05, 0) is 0 Å². The van der Waals surface area contributed by atoms with Crippen LogP contribution in [0.25, 0.3) is 0 Å². The van der Waals surface area contributed by atoms with Gasteiger partial charge in [-0.1, -0.05) is 30.3 Å². The summed E-state index contributed by atoms with van der Waals surface area (Å²) in [4.78, 5) is 12.4. The first-order valence-corrected chi connectivity index (χ1v) is 4.39. The van der Waals surface area contributed by atoms with Gasteiger partial charge in [0.05, 0.1) is 0 Å². The Morgan fingerprint density at radius 2 is 2.14 bits per heavy atom. The maximum atomic E-state index is 10.6. The maximum absolute atomic E-state index is 10.6. The number of carbonyl (C=O) groups excluding carboxylic acids is 1. The van der Waals surface area contributed by atoms with Gasteiger partial charge in [-0.2, -0.15) is 5.10 Å². The first-order chi connectivity index (χ1) is 6.83. The molecule has 1 N–H and O–H groups in total. The van der Waals surface area contributed by atoms with E-state index in [9.17, 15) is 4.79 Å². The molecule has 1 heterocycles. The minimum Gasteiger partial charge on any atom is -0.330 e. The highest BCUT2D eigenvalue weighted by atomic mass is 16.1. The number of aldehydes is 1. The molecule has 0 bridgehead atoms. The quantitative estimate of drug-likeness (QED) is 0.685. The zero-order valence-corrected chi connectivity index (χ0v) is 7.84. The molecule has 1 aromatic rings. The second-order valence-corrected chi connectivity index (χ2v) is 3.12. The molecule has 1 unspecified atom stereocenters. The molecule has 0 spiro atoms. The molecule has 0 amide bonds. The average molecular weight is 189 g/mol. The van der Waals surface area contributed by atoms with Crippen LogP contribution in [0, 0.1) is 0 Å². The maximum Gasteiger partial charge on any atom is 0.172 e. The predicted octanol–water partition coefficient (Wildman–Crippen LogP) is 0.408. The van der Waals surface area contributed by atoms with E-state index in [-0.39, 0.29) is 6.17 Å². The van der Waals surface area contributed by atoms with Crippen LogP contribution in [0.4, 0.5) is 0 Å². The SMILES string of the molecule is CN1C(c2ccccc2)=NNC1C=O. The van der Waals surface area contributed by atoms with Crippen LogP contribution in [-0.4, -0.2) is 30.2 Å². The van der Waals surface area contributed by atoms with Crippen molar-refractivity contribution in [1.82, 2.24) is 10.3 Å². The summed E-state index contributed by atoms with van der Waals surface area (Å²) < 4.78 is 0. The fourth-order valence-corrected chi connectivity index (χ4v) is 1.40. The third kappa shape index (κ3) is 1.35. The van der Waals surface area contributed by atoms with Crippen molar-refractivity contribution in [3.05, 3.63) is 35.9 Å². The normalized spacial score (nSPS) is 20.2. The van der Waals surface area contributed by atoms with E-state index in [1.54, 1.807) is 0 Å². The smallest absolute Gasteiger partial charge is 0.172 e. The second-order valence-electron chi connectivity index (χ2n) is 3.12. The number of carbonyl (C=O) groups is 1. The van der Waals surface area contributed by atoms with E-state index in [1.807, 2.05) is 42.3 Å². The summed E-state index contributed by atoms with van der Waals surface area (Å²) in [5.41, 5.74) is 3.76. The summed E-state index contributed by atoms with van der Waals surface area (Å²) in [6, 6.07) is 9.76. The van der Waals surface area contributed by atoms with Crippen molar-refractivity contribution in [2.75, 3.05) is 7.05 Å². The Bertz CT molecular complexity index is 361. The van der Waals surface area contributed by atoms with Crippen LogP contribution in [0.2, 0.25) is 0 Å². The van der Waals surface area contributed by atoms with Crippen molar-refractivity contribution in [3.8, 4) is 0 Å². The van der Waals surface area contributed by atoms with Gasteiger partial charge in [0.1, 0.15) is 0 Å². The van der Waals surface area contributed by atoms with Crippen molar-refractivity contribution in [2.45, 2.75) is 6.17 Å². The molecule has 4 heteroatoms. The number of nitrogens with one attached hydrogen (secondary N) is 1. The molecule has 0 aliphatic carbocycles. The Kier molecular flexibility index (Phi) is 2.18. The van der Waals surface area contributed by atoms with Gasteiger partial charge in [0.2, 0.25) is 0 Å². The Balaban J connectivity index is 2.26. The minimum atomic E-state index is -0.342. The van der Waals surface area contributed by atoms with Gasteiger partial charge in [-0.25, -0.2) is 0 Å². The Labute approximate surface area is 82.2 Å². The fraction of sp³-hybridized carbons (Fsp3) is 0.200. The lowest BCUT2D eigenvalue weighted by Gasteiger charge is -2.17. The standard InChI is InChI=1S/C10H11N3O/c1-13-9(7-14)11-12-10(13)8-5-3-2-4-6-8/h2-7,9,11H,1H3. The van der Waals surface area contributed by atoms with Gasteiger partial charge in [0.25, 0.3) is 0 Å². The first kappa shape index (κ1) is 8.74. The number of hydrogen-bond acceptors (Lipinski definition) is 4. The van der Waals surface area contributed by atoms with E-state index in [2.05, 4.69) is 10.5 Å². The molecule has 1 aromatic carbocycles. The van der Waals surface area contributed by atoms with Crippen molar-refractivity contribution >= 4 is 12.1 Å². The molecule has 72 valence electrons. The lowest BCUT2D eigenvalue weighted by atomic mass is 10.2. The summed E-state index contributed by atoms with van der Waals surface area (Å²) in [7, 11) is 1.84. The van der Waals surface area contributed by atoms with Gasteiger partial charge in [-0.15, -0.1) is 0 Å². The predicted molar refractivity (Wildman–Crippen MR) is 53.7 cm³/mol. The van der Waals surface area contributed by atoms with E-state index in [0.717, 1.165) is 17.7 Å². The molecule has 1 atom stereocenters. The van der Waals surface area contributed by atoms with Crippen LogP contribution in [-0.2, 0) is 4.79 Å². The molecular weight excluding hydrogens is 178 g/mol. The topological polar surface area (TPSA) is 44.7 Å². The van der Waals surface area contributed by atoms with Crippen LogP contribution in [0.5, 0.6) is 0 Å². The summed E-state index contributed by atoms with van der Waals surface area (Å²) in [5, 5.41) is 4.10. The molecule has 1 aliphatic rings. The van der Waals surface area contributed by atoms with Crippen LogP contribution in [0.3, 0.4) is 0 Å². The fourth-order valence-electron chi connectivity index (χ4n) is 1.40. The third-order valence-corrected chi connectivity index (χ3v) is 2.21. The first-order valence-electron chi connectivity index (χ1n) is 4.39. The van der Waals surface area contributed by atoms with Crippen molar-refractivity contribution in [3.63, 3.8) is 0 Å². The van der Waals surface area contributed by atoms with Gasteiger partial charge in [0.15, 0.2) is 18.3 Å². The number of rotatable bonds is 2. The lowest BCUT2D eigenvalue weighted by Crippen LogP contribution is -2.38. The number of benzene rings is 1. The number of nitrogens with zero attached hydrogens (tertiary/aromatic N) is 2. The summed E-state index contributed by atoms with van der Waals surface area (Å²) in [6.45, 7) is 0. The van der Waals surface area contributed by atoms with Crippen LogP contribution in [0.15, 0.2) is 35.4 Å². The Morgan fingerprint density at radius 3 is 2.71 bits per heavy atom. The monoisotopic (exact) mass is 189 g/mol. The average Bonchev–Trinajstić information content (AvgIpc) is 2.61. The van der Waals surface area contributed by atoms with Gasteiger partial charge >= 0.3 is 0 Å². The highest BCUT2D eigenvalue weighted by Gasteiger charge is 2.23. The van der Waals surface area contributed by atoms with Crippen molar-refractivity contribution in [2.24, 2.45) is 5.10 Å². The highest BCUT2D eigenvalue weighted by Crippen LogP contribution is 2.09. The molecule has 0 saturated heterocycles. The van der Waals surface area contributed by atoms with Crippen LogP contribution < -0.4 is 5.43 Å². The zero-order valence-electron chi connectivity index (χ0n) is 7.84. The molecule has 0 radical (unpaired) electrons. The zero-order chi connectivity index (χ0) is 9.97. The van der Waals surface area contributed by atoms with E-state index in [4.69, 9.17) is 0 Å². The second kappa shape index (κ2) is 3.49. The number of amidine groups is 1. The van der Waals surface area contributed by atoms with E-state index in [1.165, 1.54) is 0 Å². The van der Waals surface area contributed by atoms with Gasteiger partial charge in [-0.3, -0.25) is 10.2 Å².